The summed E-state index contributed by atoms with van der Waals surface area (Å²) >= 11 is 0. The Morgan fingerprint density at radius 3 is 2.54 bits per heavy atom. The largest absolute Gasteiger partial charge is 0.352 e. The minimum absolute atomic E-state index is 0.0356. The summed E-state index contributed by atoms with van der Waals surface area (Å²) in [6, 6.07) is -0.346. The molecule has 1 aliphatic carbocycles. The predicted octanol–water partition coefficient (Wildman–Crippen LogP) is 1.12. The first kappa shape index (κ1) is 18.7. The molecule has 1 unspecified atom stereocenters. The van der Waals surface area contributed by atoms with Gasteiger partial charge in [-0.15, -0.1) is 0 Å². The monoisotopic (exact) mass is 338 g/mol. The second-order valence-electron chi connectivity index (χ2n) is 7.42. The van der Waals surface area contributed by atoms with Crippen LogP contribution in [0.3, 0.4) is 0 Å². The van der Waals surface area contributed by atoms with Crippen molar-refractivity contribution in [3.05, 3.63) is 0 Å². The molecule has 0 radical (unpaired) electrons. The van der Waals surface area contributed by atoms with Crippen molar-refractivity contribution in [3.63, 3.8) is 0 Å². The standard InChI is InChI=1S/C17H30N4O3/c1-17(2)15(23)21(16(24)20-17)10-6-9-14(22)19-13(11-18)12-7-4-3-5-8-12/h12-13H,3-11,18H2,1-2H3,(H,19,22)(H,20,24). The van der Waals surface area contributed by atoms with Crippen molar-refractivity contribution >= 4 is 17.8 Å². The van der Waals surface area contributed by atoms with E-state index in [-0.39, 0.29) is 30.4 Å². The minimum atomic E-state index is -0.856. The van der Waals surface area contributed by atoms with Crippen LogP contribution < -0.4 is 16.4 Å². The van der Waals surface area contributed by atoms with Gasteiger partial charge in [0.2, 0.25) is 5.91 Å². The van der Waals surface area contributed by atoms with Gasteiger partial charge in [-0.05, 0) is 39.0 Å². The average Bonchev–Trinajstić information content (AvgIpc) is 2.75. The molecule has 1 atom stereocenters. The van der Waals surface area contributed by atoms with E-state index in [1.165, 1.54) is 24.2 Å². The zero-order valence-electron chi connectivity index (χ0n) is 14.8. The number of rotatable bonds is 7. The van der Waals surface area contributed by atoms with E-state index in [9.17, 15) is 14.4 Å². The van der Waals surface area contributed by atoms with E-state index in [0.29, 0.717) is 25.3 Å². The minimum Gasteiger partial charge on any atom is -0.352 e. The highest BCUT2D eigenvalue weighted by atomic mass is 16.2. The van der Waals surface area contributed by atoms with Crippen LogP contribution >= 0.6 is 0 Å². The number of nitrogens with two attached hydrogens (primary N) is 1. The average molecular weight is 338 g/mol. The molecule has 0 spiro atoms. The molecule has 1 saturated heterocycles. The third-order valence-electron chi connectivity index (χ3n) is 5.05. The Kier molecular flexibility index (Phi) is 6.21. The zero-order chi connectivity index (χ0) is 17.7. The summed E-state index contributed by atoms with van der Waals surface area (Å²) in [7, 11) is 0. The van der Waals surface area contributed by atoms with Crippen LogP contribution in [-0.4, -0.2) is 47.4 Å². The second kappa shape index (κ2) is 7.96. The smallest absolute Gasteiger partial charge is 0.325 e. The van der Waals surface area contributed by atoms with Gasteiger partial charge in [0.1, 0.15) is 5.54 Å². The Morgan fingerprint density at radius 1 is 1.33 bits per heavy atom. The van der Waals surface area contributed by atoms with E-state index in [1.54, 1.807) is 13.8 Å². The molecule has 1 aliphatic heterocycles. The van der Waals surface area contributed by atoms with Gasteiger partial charge in [-0.1, -0.05) is 19.3 Å². The Hall–Kier alpha value is -1.63. The van der Waals surface area contributed by atoms with Crippen molar-refractivity contribution in [2.45, 2.75) is 70.4 Å². The van der Waals surface area contributed by atoms with Crippen molar-refractivity contribution in [2.24, 2.45) is 11.7 Å². The van der Waals surface area contributed by atoms with Crippen LogP contribution in [0.1, 0.15) is 58.8 Å². The number of hydrogen-bond donors (Lipinski definition) is 3. The third kappa shape index (κ3) is 4.47. The second-order valence-corrected chi connectivity index (χ2v) is 7.42. The van der Waals surface area contributed by atoms with E-state index in [0.717, 1.165) is 12.8 Å². The number of carbonyl (C=O) groups is 3. The molecule has 0 aromatic rings. The Labute approximate surface area is 143 Å². The number of carbonyl (C=O) groups excluding carboxylic acids is 3. The van der Waals surface area contributed by atoms with Gasteiger partial charge in [-0.25, -0.2) is 4.79 Å². The maximum Gasteiger partial charge on any atom is 0.325 e. The molecular weight excluding hydrogens is 308 g/mol. The summed E-state index contributed by atoms with van der Waals surface area (Å²) in [5, 5.41) is 5.67. The molecule has 0 aromatic heterocycles. The van der Waals surface area contributed by atoms with Crippen LogP contribution in [0.4, 0.5) is 4.79 Å². The van der Waals surface area contributed by atoms with Crippen LogP contribution in [0.15, 0.2) is 0 Å². The number of nitrogens with one attached hydrogen (secondary N) is 2. The highest BCUT2D eigenvalue weighted by Gasteiger charge is 2.43. The lowest BCUT2D eigenvalue weighted by molar-refractivity contribution is -0.130. The first-order chi connectivity index (χ1) is 11.3. The number of hydrogen-bond acceptors (Lipinski definition) is 4. The molecule has 0 aromatic carbocycles. The summed E-state index contributed by atoms with van der Waals surface area (Å²) in [6.45, 7) is 4.07. The predicted molar refractivity (Wildman–Crippen MR) is 91.1 cm³/mol. The molecule has 24 heavy (non-hydrogen) atoms. The van der Waals surface area contributed by atoms with Crippen LogP contribution in [0.25, 0.3) is 0 Å². The summed E-state index contributed by atoms with van der Waals surface area (Å²) in [6.07, 6.45) is 6.69. The van der Waals surface area contributed by atoms with Crippen molar-refractivity contribution < 1.29 is 14.4 Å². The summed E-state index contributed by atoms with van der Waals surface area (Å²) in [5.74, 6) is 0.178. The highest BCUT2D eigenvalue weighted by molar-refractivity contribution is 6.06. The summed E-state index contributed by atoms with van der Waals surface area (Å²) in [5.41, 5.74) is 4.97. The molecule has 2 rings (SSSR count). The normalized spacial score (nSPS) is 22.4. The van der Waals surface area contributed by atoms with E-state index < -0.39 is 5.54 Å². The van der Waals surface area contributed by atoms with Crippen LogP contribution in [0.2, 0.25) is 0 Å². The lowest BCUT2D eigenvalue weighted by Gasteiger charge is -2.30. The molecule has 4 N–H and O–H groups in total. The number of urea groups is 1. The van der Waals surface area contributed by atoms with E-state index in [1.807, 2.05) is 0 Å². The topological polar surface area (TPSA) is 105 Å². The molecule has 1 heterocycles. The first-order valence-electron chi connectivity index (χ1n) is 8.98. The number of imide groups is 1. The molecule has 4 amide bonds. The van der Waals surface area contributed by atoms with Crippen LogP contribution in [-0.2, 0) is 9.59 Å². The van der Waals surface area contributed by atoms with Gasteiger partial charge in [0.05, 0.1) is 0 Å². The Bertz CT molecular complexity index is 486. The third-order valence-corrected chi connectivity index (χ3v) is 5.05. The molecule has 0 bridgehead atoms. The number of nitrogens with zero attached hydrogens (tertiary/aromatic N) is 1. The van der Waals surface area contributed by atoms with Gasteiger partial charge in [0.15, 0.2) is 0 Å². The van der Waals surface area contributed by atoms with Gasteiger partial charge in [-0.2, -0.15) is 0 Å². The highest BCUT2D eigenvalue weighted by Crippen LogP contribution is 2.26. The molecule has 2 fully saturated rings. The van der Waals surface area contributed by atoms with Crippen molar-refractivity contribution in [2.75, 3.05) is 13.1 Å². The summed E-state index contributed by atoms with van der Waals surface area (Å²) in [4.78, 5) is 37.2. The Morgan fingerprint density at radius 2 is 2.00 bits per heavy atom. The van der Waals surface area contributed by atoms with E-state index >= 15 is 0 Å². The molecule has 7 heteroatoms. The maximum absolute atomic E-state index is 12.1. The first-order valence-corrected chi connectivity index (χ1v) is 8.98. The lowest BCUT2D eigenvalue weighted by Crippen LogP contribution is -2.46. The van der Waals surface area contributed by atoms with Crippen molar-refractivity contribution in [1.82, 2.24) is 15.5 Å². The van der Waals surface area contributed by atoms with E-state index in [4.69, 9.17) is 5.73 Å². The zero-order valence-corrected chi connectivity index (χ0v) is 14.8. The van der Waals surface area contributed by atoms with Gasteiger partial charge < -0.3 is 16.4 Å². The van der Waals surface area contributed by atoms with Crippen LogP contribution in [0.5, 0.6) is 0 Å². The molecule has 2 aliphatic rings. The molecular formula is C17H30N4O3. The lowest BCUT2D eigenvalue weighted by atomic mass is 9.84. The number of amides is 4. The fourth-order valence-electron chi connectivity index (χ4n) is 3.60. The Balaban J connectivity index is 1.74. The van der Waals surface area contributed by atoms with Gasteiger partial charge in [-0.3, -0.25) is 14.5 Å². The molecule has 7 nitrogen and oxygen atoms in total. The quantitative estimate of drug-likeness (QED) is 0.605. The van der Waals surface area contributed by atoms with Gasteiger partial charge in [0.25, 0.3) is 5.91 Å². The maximum atomic E-state index is 12.1. The van der Waals surface area contributed by atoms with E-state index in [2.05, 4.69) is 10.6 Å². The summed E-state index contributed by atoms with van der Waals surface area (Å²) < 4.78 is 0. The SMILES string of the molecule is CC1(C)NC(=O)N(CCCC(=O)NC(CN)C2CCCCC2)C1=O. The van der Waals surface area contributed by atoms with Crippen LogP contribution in [0, 0.1) is 5.92 Å². The van der Waals surface area contributed by atoms with Gasteiger partial charge in [0, 0.05) is 25.6 Å². The van der Waals surface area contributed by atoms with Gasteiger partial charge >= 0.3 is 6.03 Å². The molecule has 136 valence electrons. The fraction of sp³-hybridized carbons (Fsp3) is 0.824. The van der Waals surface area contributed by atoms with Crippen molar-refractivity contribution in [1.29, 1.82) is 0 Å². The molecule has 1 saturated carbocycles. The fourth-order valence-corrected chi connectivity index (χ4v) is 3.60. The van der Waals surface area contributed by atoms with Crippen molar-refractivity contribution in [3.8, 4) is 0 Å².